The SMILES string of the molecule is COc1ccc(OCC(=O)N(C)C)c(/C=C/C(=O)O)c1. The van der Waals surface area contributed by atoms with Crippen LogP contribution in [0.3, 0.4) is 0 Å². The summed E-state index contributed by atoms with van der Waals surface area (Å²) in [6.45, 7) is -0.118. The Morgan fingerprint density at radius 2 is 2.05 bits per heavy atom. The van der Waals surface area contributed by atoms with Gasteiger partial charge in [-0.3, -0.25) is 4.79 Å². The summed E-state index contributed by atoms with van der Waals surface area (Å²) in [7, 11) is 4.77. The van der Waals surface area contributed by atoms with E-state index in [4.69, 9.17) is 14.6 Å². The number of aliphatic carboxylic acids is 1. The lowest BCUT2D eigenvalue weighted by molar-refractivity contribution is -0.132. The molecule has 0 aliphatic rings. The highest BCUT2D eigenvalue weighted by molar-refractivity contribution is 5.86. The summed E-state index contributed by atoms with van der Waals surface area (Å²) in [4.78, 5) is 23.5. The standard InChI is InChI=1S/C14H17NO5/c1-15(2)13(16)9-20-12-6-5-11(19-3)8-10(12)4-7-14(17)18/h4-8H,9H2,1-3H3,(H,17,18)/b7-4+. The second-order valence-electron chi connectivity index (χ2n) is 4.15. The summed E-state index contributed by atoms with van der Waals surface area (Å²) in [5.74, 6) is -0.267. The van der Waals surface area contributed by atoms with Crippen molar-refractivity contribution in [3.8, 4) is 11.5 Å². The molecule has 0 heterocycles. The molecule has 0 radical (unpaired) electrons. The molecule has 0 spiro atoms. The molecular weight excluding hydrogens is 262 g/mol. The highest BCUT2D eigenvalue weighted by Crippen LogP contribution is 2.25. The van der Waals surface area contributed by atoms with E-state index < -0.39 is 5.97 Å². The monoisotopic (exact) mass is 279 g/mol. The number of hydrogen-bond donors (Lipinski definition) is 1. The van der Waals surface area contributed by atoms with Gasteiger partial charge < -0.3 is 19.5 Å². The minimum absolute atomic E-state index is 0.118. The van der Waals surface area contributed by atoms with Crippen molar-refractivity contribution in [2.75, 3.05) is 27.8 Å². The van der Waals surface area contributed by atoms with Crippen LogP contribution in [0.25, 0.3) is 6.08 Å². The molecule has 0 atom stereocenters. The molecule has 6 heteroatoms. The third-order valence-electron chi connectivity index (χ3n) is 2.47. The van der Waals surface area contributed by atoms with Crippen LogP contribution in [0.15, 0.2) is 24.3 Å². The molecule has 0 fully saturated rings. The predicted octanol–water partition coefficient (Wildman–Crippen LogP) is 1.26. The van der Waals surface area contributed by atoms with Gasteiger partial charge in [-0.1, -0.05) is 0 Å². The van der Waals surface area contributed by atoms with E-state index in [0.717, 1.165) is 6.08 Å². The van der Waals surface area contributed by atoms with Crippen LogP contribution in [-0.4, -0.2) is 49.7 Å². The van der Waals surface area contributed by atoms with Gasteiger partial charge >= 0.3 is 5.97 Å². The minimum atomic E-state index is -1.07. The number of hydrogen-bond acceptors (Lipinski definition) is 4. The number of carbonyl (C=O) groups excluding carboxylic acids is 1. The molecule has 0 saturated carbocycles. The quantitative estimate of drug-likeness (QED) is 0.793. The Bertz CT molecular complexity index is 522. The Labute approximate surface area is 117 Å². The van der Waals surface area contributed by atoms with Gasteiger partial charge in [0.2, 0.25) is 0 Å². The first-order chi connectivity index (χ1) is 9.43. The molecule has 0 bridgehead atoms. The molecule has 1 amide bonds. The molecule has 0 unspecified atom stereocenters. The molecule has 1 N–H and O–H groups in total. The third-order valence-corrected chi connectivity index (χ3v) is 2.47. The summed E-state index contributed by atoms with van der Waals surface area (Å²) < 4.78 is 10.5. The van der Waals surface area contributed by atoms with Crippen molar-refractivity contribution < 1.29 is 24.2 Å². The van der Waals surface area contributed by atoms with E-state index in [9.17, 15) is 9.59 Å². The number of methoxy groups -OCH3 is 1. The highest BCUT2D eigenvalue weighted by atomic mass is 16.5. The van der Waals surface area contributed by atoms with Crippen LogP contribution in [0.1, 0.15) is 5.56 Å². The highest BCUT2D eigenvalue weighted by Gasteiger charge is 2.08. The maximum absolute atomic E-state index is 11.5. The van der Waals surface area contributed by atoms with E-state index in [0.29, 0.717) is 17.1 Å². The van der Waals surface area contributed by atoms with E-state index in [1.54, 1.807) is 32.3 Å². The van der Waals surface area contributed by atoms with Gasteiger partial charge in [-0.2, -0.15) is 0 Å². The Kier molecular flexibility index (Phi) is 5.58. The topological polar surface area (TPSA) is 76.1 Å². The van der Waals surface area contributed by atoms with Crippen molar-refractivity contribution in [1.82, 2.24) is 4.90 Å². The predicted molar refractivity (Wildman–Crippen MR) is 73.9 cm³/mol. The first kappa shape index (κ1) is 15.6. The van der Waals surface area contributed by atoms with Crippen LogP contribution in [0.4, 0.5) is 0 Å². The smallest absolute Gasteiger partial charge is 0.328 e. The second-order valence-corrected chi connectivity index (χ2v) is 4.15. The van der Waals surface area contributed by atoms with Gasteiger partial charge in [-0.25, -0.2) is 4.79 Å². The number of benzene rings is 1. The second kappa shape index (κ2) is 7.18. The van der Waals surface area contributed by atoms with Crippen molar-refractivity contribution >= 4 is 18.0 Å². The first-order valence-corrected chi connectivity index (χ1v) is 5.86. The summed E-state index contributed by atoms with van der Waals surface area (Å²) in [6.07, 6.45) is 2.38. The molecular formula is C14H17NO5. The summed E-state index contributed by atoms with van der Waals surface area (Å²) in [5, 5.41) is 8.66. The lowest BCUT2D eigenvalue weighted by Gasteiger charge is -2.13. The molecule has 0 aromatic heterocycles. The van der Waals surface area contributed by atoms with E-state index >= 15 is 0 Å². The number of carboxylic acid groups (broad SMARTS) is 1. The zero-order valence-corrected chi connectivity index (χ0v) is 11.6. The van der Waals surface area contributed by atoms with Gasteiger partial charge in [0.25, 0.3) is 5.91 Å². The molecule has 0 aliphatic carbocycles. The third kappa shape index (κ3) is 4.64. The number of ether oxygens (including phenoxy) is 2. The average Bonchev–Trinajstić information content (AvgIpc) is 2.42. The Hall–Kier alpha value is -2.50. The Morgan fingerprint density at radius 3 is 2.60 bits per heavy atom. The molecule has 20 heavy (non-hydrogen) atoms. The van der Waals surface area contributed by atoms with E-state index in [1.165, 1.54) is 18.1 Å². The number of carbonyl (C=O) groups is 2. The van der Waals surface area contributed by atoms with Gasteiger partial charge in [0, 0.05) is 25.7 Å². The zero-order chi connectivity index (χ0) is 15.1. The minimum Gasteiger partial charge on any atom is -0.497 e. The Morgan fingerprint density at radius 1 is 1.35 bits per heavy atom. The van der Waals surface area contributed by atoms with Gasteiger partial charge in [0.15, 0.2) is 6.61 Å². The largest absolute Gasteiger partial charge is 0.497 e. The molecule has 1 rings (SSSR count). The maximum atomic E-state index is 11.5. The molecule has 1 aromatic rings. The number of carboxylic acids is 1. The van der Waals surface area contributed by atoms with Crippen molar-refractivity contribution in [2.45, 2.75) is 0 Å². The normalized spacial score (nSPS) is 10.3. The summed E-state index contributed by atoms with van der Waals surface area (Å²) >= 11 is 0. The average molecular weight is 279 g/mol. The molecule has 108 valence electrons. The van der Waals surface area contributed by atoms with Crippen molar-refractivity contribution in [3.05, 3.63) is 29.8 Å². The van der Waals surface area contributed by atoms with Crippen LogP contribution in [0, 0.1) is 0 Å². The molecule has 0 aliphatic heterocycles. The van der Waals surface area contributed by atoms with Gasteiger partial charge in [0.1, 0.15) is 11.5 Å². The van der Waals surface area contributed by atoms with Crippen LogP contribution >= 0.6 is 0 Å². The van der Waals surface area contributed by atoms with E-state index in [2.05, 4.69) is 0 Å². The first-order valence-electron chi connectivity index (χ1n) is 5.86. The van der Waals surface area contributed by atoms with Gasteiger partial charge in [-0.05, 0) is 24.3 Å². The van der Waals surface area contributed by atoms with Crippen LogP contribution in [0.5, 0.6) is 11.5 Å². The zero-order valence-electron chi connectivity index (χ0n) is 11.6. The number of nitrogens with zero attached hydrogens (tertiary/aromatic N) is 1. The number of rotatable bonds is 6. The van der Waals surface area contributed by atoms with E-state index in [-0.39, 0.29) is 12.5 Å². The van der Waals surface area contributed by atoms with Crippen LogP contribution < -0.4 is 9.47 Å². The fourth-order valence-electron chi connectivity index (χ4n) is 1.34. The van der Waals surface area contributed by atoms with E-state index in [1.807, 2.05) is 0 Å². The fourth-order valence-corrected chi connectivity index (χ4v) is 1.34. The van der Waals surface area contributed by atoms with Gasteiger partial charge in [-0.15, -0.1) is 0 Å². The summed E-state index contributed by atoms with van der Waals surface area (Å²) in [6, 6.07) is 4.94. The molecule has 6 nitrogen and oxygen atoms in total. The molecule has 1 aromatic carbocycles. The van der Waals surface area contributed by atoms with Gasteiger partial charge in [0.05, 0.1) is 7.11 Å². The lowest BCUT2D eigenvalue weighted by Crippen LogP contribution is -2.27. The van der Waals surface area contributed by atoms with Crippen LogP contribution in [-0.2, 0) is 9.59 Å². The number of likely N-dealkylation sites (N-methyl/N-ethyl adjacent to an activating group) is 1. The van der Waals surface area contributed by atoms with Crippen LogP contribution in [0.2, 0.25) is 0 Å². The maximum Gasteiger partial charge on any atom is 0.328 e. The molecule has 0 saturated heterocycles. The lowest BCUT2D eigenvalue weighted by atomic mass is 10.1. The Balaban J connectivity index is 2.93. The number of amides is 1. The van der Waals surface area contributed by atoms with Crippen molar-refractivity contribution in [2.24, 2.45) is 0 Å². The van der Waals surface area contributed by atoms with Crippen molar-refractivity contribution in [3.63, 3.8) is 0 Å². The fraction of sp³-hybridized carbons (Fsp3) is 0.286. The summed E-state index contributed by atoms with van der Waals surface area (Å²) in [5.41, 5.74) is 0.526. The van der Waals surface area contributed by atoms with Crippen molar-refractivity contribution in [1.29, 1.82) is 0 Å².